The van der Waals surface area contributed by atoms with Crippen molar-refractivity contribution in [3.05, 3.63) is 112 Å². The fourth-order valence-corrected chi connectivity index (χ4v) is 6.57. The van der Waals surface area contributed by atoms with Crippen LogP contribution >= 0.6 is 0 Å². The van der Waals surface area contributed by atoms with Gasteiger partial charge in [-0.3, -0.25) is 10.1 Å². The zero-order chi connectivity index (χ0) is 38.0. The van der Waals surface area contributed by atoms with Crippen molar-refractivity contribution < 1.29 is 34.5 Å². The van der Waals surface area contributed by atoms with E-state index in [0.29, 0.717) is 40.2 Å². The van der Waals surface area contributed by atoms with Crippen molar-refractivity contribution in [2.45, 2.75) is 65.0 Å². The summed E-state index contributed by atoms with van der Waals surface area (Å²) in [5, 5.41) is 61.1. The number of nitrogens with zero attached hydrogens (tertiary/aromatic N) is 6. The Labute approximate surface area is 303 Å². The summed E-state index contributed by atoms with van der Waals surface area (Å²) in [6, 6.07) is 17.4. The van der Waals surface area contributed by atoms with Crippen LogP contribution < -0.4 is 5.73 Å². The molecule has 6 rings (SSSR count). The summed E-state index contributed by atoms with van der Waals surface area (Å²) < 4.78 is 23.9. The third-order valence-corrected chi connectivity index (χ3v) is 9.19. The molecule has 3 heterocycles. The number of pyridine rings is 1. The van der Waals surface area contributed by atoms with E-state index in [1.54, 1.807) is 79.2 Å². The number of aliphatic hydroxyl groups excluding tert-OH is 2. The highest BCUT2D eigenvalue weighted by Crippen LogP contribution is 2.39. The van der Waals surface area contributed by atoms with E-state index >= 15 is 0 Å². The van der Waals surface area contributed by atoms with E-state index in [2.05, 4.69) is 10.3 Å². The molecule has 0 saturated heterocycles. The summed E-state index contributed by atoms with van der Waals surface area (Å²) in [6.07, 6.45) is 1.20. The Morgan fingerprint density at radius 2 is 1.62 bits per heavy atom. The summed E-state index contributed by atoms with van der Waals surface area (Å²) >= 11 is 0. The second-order valence-electron chi connectivity index (χ2n) is 13.5. The van der Waals surface area contributed by atoms with Crippen molar-refractivity contribution in [2.75, 3.05) is 12.3 Å². The number of benzene rings is 3. The fourth-order valence-electron chi connectivity index (χ4n) is 6.57. The standard InChI is InChI=1S/C38H40FN7O7/c1-4-29-35(22-5-9-26(48)10-6-22)31(41-37(40)36(29)23-7-11-27(49)12-8-23)20-53-19-25-16-44(43-42-25)17-28(50)18-45-32-15-30(39)33(46(51)52)13-24(32)14-34(45)38(2,3)21-47/h5-16,28,47-50H,4,17-21H2,1-3H3,(H2,40,41)/t28-/m0/s1. The molecular weight excluding hydrogens is 685 g/mol. The molecule has 1 atom stereocenters. The molecule has 0 radical (unpaired) electrons. The summed E-state index contributed by atoms with van der Waals surface area (Å²) in [7, 11) is 0. The van der Waals surface area contributed by atoms with Crippen LogP contribution in [0.25, 0.3) is 33.2 Å². The van der Waals surface area contributed by atoms with Crippen LogP contribution in [0, 0.1) is 15.9 Å². The highest BCUT2D eigenvalue weighted by Gasteiger charge is 2.28. The Morgan fingerprint density at radius 3 is 2.23 bits per heavy atom. The first kappa shape index (κ1) is 36.9. The van der Waals surface area contributed by atoms with Gasteiger partial charge in [-0.05, 0) is 53.4 Å². The number of aromatic hydroxyl groups is 2. The van der Waals surface area contributed by atoms with Crippen molar-refractivity contribution in [3.8, 4) is 33.8 Å². The van der Waals surface area contributed by atoms with Crippen molar-refractivity contribution in [2.24, 2.45) is 0 Å². The lowest BCUT2D eigenvalue weighted by Crippen LogP contribution is -2.29. The zero-order valence-electron chi connectivity index (χ0n) is 29.4. The number of aromatic nitrogens is 5. The lowest BCUT2D eigenvalue weighted by atomic mass is 9.89. The first-order valence-electron chi connectivity index (χ1n) is 16.9. The summed E-state index contributed by atoms with van der Waals surface area (Å²) in [4.78, 5) is 15.3. The summed E-state index contributed by atoms with van der Waals surface area (Å²) in [5.74, 6) is -0.448. The van der Waals surface area contributed by atoms with E-state index in [-0.39, 0.29) is 44.4 Å². The summed E-state index contributed by atoms with van der Waals surface area (Å²) in [6.45, 7) is 5.45. The molecule has 0 spiro atoms. The van der Waals surface area contributed by atoms with E-state index in [0.717, 1.165) is 39.9 Å². The number of halogens is 1. The van der Waals surface area contributed by atoms with Gasteiger partial charge in [0.25, 0.3) is 0 Å². The number of phenolic OH excluding ortho intramolecular Hbond substituents is 2. The molecule has 0 aliphatic heterocycles. The number of hydrogen-bond acceptors (Lipinski definition) is 11. The normalized spacial score (nSPS) is 12.4. The number of aliphatic hydroxyl groups is 2. The monoisotopic (exact) mass is 725 g/mol. The van der Waals surface area contributed by atoms with Gasteiger partial charge in [0.15, 0.2) is 0 Å². The Kier molecular flexibility index (Phi) is 10.4. The molecule has 6 N–H and O–H groups in total. The minimum absolute atomic E-state index is 0.0156. The maximum absolute atomic E-state index is 14.7. The molecule has 3 aromatic carbocycles. The van der Waals surface area contributed by atoms with Crippen molar-refractivity contribution in [1.82, 2.24) is 24.5 Å². The number of ether oxygens (including phenoxy) is 1. The second-order valence-corrected chi connectivity index (χ2v) is 13.5. The molecule has 6 aromatic rings. The number of nitrogens with two attached hydrogens (primary N) is 1. The largest absolute Gasteiger partial charge is 0.508 e. The number of hydrogen-bond donors (Lipinski definition) is 5. The van der Waals surface area contributed by atoms with Gasteiger partial charge in [0.2, 0.25) is 5.82 Å². The van der Waals surface area contributed by atoms with Gasteiger partial charge in [0.05, 0.1) is 61.3 Å². The predicted octanol–water partition coefficient (Wildman–Crippen LogP) is 5.61. The molecule has 15 heteroatoms. The van der Waals surface area contributed by atoms with E-state index in [1.165, 1.54) is 4.68 Å². The SMILES string of the molecule is CCc1c(-c2ccc(O)cc2)c(N)nc(COCc2cn(C[C@H](O)Cn3c(C(C)(C)CO)cc4cc([N+](=O)[O-])c(F)cc43)nn2)c1-c1ccc(O)cc1. The third-order valence-electron chi connectivity index (χ3n) is 9.19. The van der Waals surface area contributed by atoms with Crippen molar-refractivity contribution >= 4 is 22.4 Å². The molecule has 14 nitrogen and oxygen atoms in total. The molecule has 53 heavy (non-hydrogen) atoms. The maximum atomic E-state index is 14.7. The van der Waals surface area contributed by atoms with E-state index in [9.17, 15) is 34.9 Å². The Hall–Kier alpha value is -5.90. The average Bonchev–Trinajstić information content (AvgIpc) is 3.72. The van der Waals surface area contributed by atoms with Gasteiger partial charge in [0.1, 0.15) is 23.0 Å². The van der Waals surface area contributed by atoms with Gasteiger partial charge < -0.3 is 35.5 Å². The molecular formula is C38H40FN7O7. The van der Waals surface area contributed by atoms with Crippen molar-refractivity contribution in [1.29, 1.82) is 0 Å². The lowest BCUT2D eigenvalue weighted by molar-refractivity contribution is -0.387. The van der Waals surface area contributed by atoms with Gasteiger partial charge in [-0.15, -0.1) is 5.10 Å². The molecule has 0 aliphatic rings. The molecule has 0 fully saturated rings. The molecule has 3 aromatic heterocycles. The highest BCUT2D eigenvalue weighted by molar-refractivity contribution is 5.86. The molecule has 0 unspecified atom stereocenters. The van der Waals surface area contributed by atoms with Gasteiger partial charge in [0, 0.05) is 39.8 Å². The smallest absolute Gasteiger partial charge is 0.305 e. The number of phenols is 2. The Bertz CT molecular complexity index is 2270. The van der Waals surface area contributed by atoms with Crippen LogP contribution in [0.1, 0.15) is 43.4 Å². The second kappa shape index (κ2) is 15.0. The van der Waals surface area contributed by atoms with E-state index < -0.39 is 27.9 Å². The van der Waals surface area contributed by atoms with Crippen LogP contribution in [-0.2, 0) is 42.9 Å². The quantitative estimate of drug-likeness (QED) is 0.0688. The topological polar surface area (TPSA) is 208 Å². The van der Waals surface area contributed by atoms with Crippen LogP contribution in [0.4, 0.5) is 15.9 Å². The molecule has 0 saturated carbocycles. The van der Waals surface area contributed by atoms with Gasteiger partial charge >= 0.3 is 5.69 Å². The predicted molar refractivity (Wildman–Crippen MR) is 195 cm³/mol. The molecule has 276 valence electrons. The first-order chi connectivity index (χ1) is 25.3. The van der Waals surface area contributed by atoms with Crippen molar-refractivity contribution in [3.63, 3.8) is 0 Å². The number of rotatable bonds is 14. The molecule has 0 bridgehead atoms. The number of fused-ring (bicyclic) bond motifs is 1. The number of anilines is 1. The maximum Gasteiger partial charge on any atom is 0.305 e. The highest BCUT2D eigenvalue weighted by atomic mass is 19.1. The average molecular weight is 726 g/mol. The van der Waals surface area contributed by atoms with Crippen LogP contribution in [-0.4, -0.2) is 62.6 Å². The minimum atomic E-state index is -1.04. The van der Waals surface area contributed by atoms with Gasteiger partial charge in [-0.2, -0.15) is 4.39 Å². The number of nitro benzene ring substituents is 1. The first-order valence-corrected chi connectivity index (χ1v) is 16.9. The van der Waals surface area contributed by atoms with Crippen LogP contribution in [0.15, 0.2) is 72.9 Å². The summed E-state index contributed by atoms with van der Waals surface area (Å²) in [5.41, 5.74) is 11.2. The Morgan fingerprint density at radius 1 is 0.981 bits per heavy atom. The van der Waals surface area contributed by atoms with Crippen LogP contribution in [0.5, 0.6) is 11.5 Å². The van der Waals surface area contributed by atoms with Crippen LogP contribution in [0.2, 0.25) is 0 Å². The lowest BCUT2D eigenvalue weighted by Gasteiger charge is -2.25. The number of nitrogen functional groups attached to an aromatic ring is 1. The van der Waals surface area contributed by atoms with E-state index in [4.69, 9.17) is 15.5 Å². The van der Waals surface area contributed by atoms with Gasteiger partial charge in [-0.25, -0.2) is 9.67 Å². The van der Waals surface area contributed by atoms with E-state index in [1.807, 2.05) is 6.92 Å². The van der Waals surface area contributed by atoms with Gasteiger partial charge in [-0.1, -0.05) is 50.3 Å². The minimum Gasteiger partial charge on any atom is -0.508 e. The number of nitro groups is 1. The fraction of sp³-hybridized carbons (Fsp3) is 0.289. The molecule has 0 aliphatic carbocycles. The molecule has 0 amide bonds. The van der Waals surface area contributed by atoms with Crippen LogP contribution in [0.3, 0.4) is 0 Å². The Balaban J connectivity index is 1.20. The zero-order valence-corrected chi connectivity index (χ0v) is 29.4. The third kappa shape index (κ3) is 7.67.